The maximum absolute atomic E-state index is 12.5. The number of hydrogen-bond donors (Lipinski definition) is 0. The molecule has 3 rings (SSSR count). The van der Waals surface area contributed by atoms with Crippen molar-refractivity contribution in [2.45, 2.75) is 39.7 Å². The lowest BCUT2D eigenvalue weighted by atomic mass is 9.87. The molecular weight excluding hydrogens is 338 g/mol. The van der Waals surface area contributed by atoms with Crippen LogP contribution in [0.15, 0.2) is 52.9 Å². The van der Waals surface area contributed by atoms with E-state index < -0.39 is 0 Å². The van der Waals surface area contributed by atoms with Gasteiger partial charge in [0, 0.05) is 18.2 Å². The van der Waals surface area contributed by atoms with Crippen LogP contribution in [0.1, 0.15) is 48.1 Å². The lowest BCUT2D eigenvalue weighted by molar-refractivity contribution is 0.0773. The average molecular weight is 363 g/mol. The number of nitrogens with zero attached hydrogens (tertiary/aromatic N) is 3. The Bertz CT molecular complexity index is 937. The van der Waals surface area contributed by atoms with Crippen LogP contribution in [0.4, 0.5) is 0 Å². The fraction of sp³-hybridized carbons (Fsp3) is 0.318. The van der Waals surface area contributed by atoms with Gasteiger partial charge >= 0.3 is 0 Å². The standard InChI is InChI=1S/C22H25N3O2/c1-15-7-6-8-17(13-15)21(26)25(5)14-19-23-24-20(27-19)16-9-11-18(12-10-16)22(2,3)4/h6-13H,14H2,1-5H3. The highest BCUT2D eigenvalue weighted by Crippen LogP contribution is 2.25. The van der Waals surface area contributed by atoms with E-state index in [0.29, 0.717) is 17.3 Å². The number of carbonyl (C=O) groups excluding carboxylic acids is 1. The van der Waals surface area contributed by atoms with Crippen LogP contribution in [0, 0.1) is 6.92 Å². The zero-order chi connectivity index (χ0) is 19.6. The van der Waals surface area contributed by atoms with Crippen molar-refractivity contribution in [1.29, 1.82) is 0 Å². The monoisotopic (exact) mass is 363 g/mol. The lowest BCUT2D eigenvalue weighted by Crippen LogP contribution is -2.26. The molecule has 0 aliphatic carbocycles. The molecular formula is C22H25N3O2. The fourth-order valence-corrected chi connectivity index (χ4v) is 2.82. The molecule has 0 fully saturated rings. The molecule has 1 amide bonds. The van der Waals surface area contributed by atoms with Gasteiger partial charge in [-0.15, -0.1) is 10.2 Å². The molecule has 0 aliphatic heterocycles. The molecule has 0 radical (unpaired) electrons. The average Bonchev–Trinajstić information content (AvgIpc) is 3.09. The Hall–Kier alpha value is -2.95. The normalized spacial score (nSPS) is 11.4. The molecule has 0 aliphatic rings. The van der Waals surface area contributed by atoms with Crippen LogP contribution in [0.5, 0.6) is 0 Å². The molecule has 1 aromatic heterocycles. The zero-order valence-corrected chi connectivity index (χ0v) is 16.5. The minimum Gasteiger partial charge on any atom is -0.419 e. The van der Waals surface area contributed by atoms with Crippen LogP contribution in [0.25, 0.3) is 11.5 Å². The molecule has 0 N–H and O–H groups in total. The predicted octanol–water partition coefficient (Wildman–Crippen LogP) is 4.61. The summed E-state index contributed by atoms with van der Waals surface area (Å²) in [6, 6.07) is 15.6. The van der Waals surface area contributed by atoms with E-state index in [-0.39, 0.29) is 17.9 Å². The second kappa shape index (κ2) is 7.35. The van der Waals surface area contributed by atoms with Gasteiger partial charge in [0.25, 0.3) is 5.91 Å². The second-order valence-corrected chi connectivity index (χ2v) is 7.86. The van der Waals surface area contributed by atoms with E-state index in [1.54, 1.807) is 11.9 Å². The summed E-state index contributed by atoms with van der Waals surface area (Å²) in [4.78, 5) is 14.1. The van der Waals surface area contributed by atoms with Crippen LogP contribution in [0.3, 0.4) is 0 Å². The zero-order valence-electron chi connectivity index (χ0n) is 16.5. The number of aromatic nitrogens is 2. The molecule has 0 saturated heterocycles. The van der Waals surface area contributed by atoms with E-state index in [2.05, 4.69) is 43.1 Å². The van der Waals surface area contributed by atoms with Crippen LogP contribution < -0.4 is 0 Å². The highest BCUT2D eigenvalue weighted by molar-refractivity contribution is 5.94. The number of amides is 1. The summed E-state index contributed by atoms with van der Waals surface area (Å²) in [6.07, 6.45) is 0. The maximum atomic E-state index is 12.5. The topological polar surface area (TPSA) is 59.2 Å². The Morgan fingerprint density at radius 2 is 1.78 bits per heavy atom. The largest absolute Gasteiger partial charge is 0.419 e. The first-order chi connectivity index (χ1) is 12.7. The third-order valence-electron chi connectivity index (χ3n) is 4.45. The molecule has 0 bridgehead atoms. The molecule has 1 heterocycles. The second-order valence-electron chi connectivity index (χ2n) is 7.86. The summed E-state index contributed by atoms with van der Waals surface area (Å²) in [6.45, 7) is 8.75. The van der Waals surface area contributed by atoms with E-state index >= 15 is 0 Å². The van der Waals surface area contributed by atoms with Gasteiger partial charge in [-0.25, -0.2) is 0 Å². The van der Waals surface area contributed by atoms with Crippen LogP contribution >= 0.6 is 0 Å². The number of rotatable bonds is 4. The van der Waals surface area contributed by atoms with Gasteiger partial charge in [0.15, 0.2) is 0 Å². The Kier molecular flexibility index (Phi) is 5.13. The van der Waals surface area contributed by atoms with E-state index in [0.717, 1.165) is 11.1 Å². The van der Waals surface area contributed by atoms with E-state index in [1.807, 2.05) is 43.3 Å². The molecule has 3 aromatic rings. The molecule has 0 unspecified atom stereocenters. The quantitative estimate of drug-likeness (QED) is 0.679. The SMILES string of the molecule is Cc1cccc(C(=O)N(C)Cc2nnc(-c3ccc(C(C)(C)C)cc3)o2)c1. The van der Waals surface area contributed by atoms with Gasteiger partial charge in [0.1, 0.15) is 0 Å². The highest BCUT2D eigenvalue weighted by Gasteiger charge is 2.17. The van der Waals surface area contributed by atoms with E-state index in [4.69, 9.17) is 4.42 Å². The molecule has 5 heteroatoms. The van der Waals surface area contributed by atoms with Crippen molar-refractivity contribution in [3.63, 3.8) is 0 Å². The van der Waals surface area contributed by atoms with Crippen molar-refractivity contribution in [2.24, 2.45) is 0 Å². The van der Waals surface area contributed by atoms with Crippen LogP contribution in [-0.2, 0) is 12.0 Å². The Labute approximate surface area is 160 Å². The van der Waals surface area contributed by atoms with Gasteiger partial charge in [-0.3, -0.25) is 4.79 Å². The van der Waals surface area contributed by atoms with Crippen molar-refractivity contribution in [2.75, 3.05) is 7.05 Å². The number of hydrogen-bond acceptors (Lipinski definition) is 4. The molecule has 0 atom stereocenters. The number of aryl methyl sites for hydroxylation is 1. The van der Waals surface area contributed by atoms with Gasteiger partial charge < -0.3 is 9.32 Å². The molecule has 0 spiro atoms. The Balaban J connectivity index is 1.71. The van der Waals surface area contributed by atoms with Crippen molar-refractivity contribution in [3.8, 4) is 11.5 Å². The summed E-state index contributed by atoms with van der Waals surface area (Å²) in [5.41, 5.74) is 3.91. The van der Waals surface area contributed by atoms with Gasteiger partial charge in [0.2, 0.25) is 11.8 Å². The van der Waals surface area contributed by atoms with E-state index in [9.17, 15) is 4.79 Å². The third kappa shape index (κ3) is 4.42. The Morgan fingerprint density at radius 3 is 2.41 bits per heavy atom. The van der Waals surface area contributed by atoms with Crippen molar-refractivity contribution < 1.29 is 9.21 Å². The molecule has 27 heavy (non-hydrogen) atoms. The summed E-state index contributed by atoms with van der Waals surface area (Å²) < 4.78 is 5.76. The predicted molar refractivity (Wildman–Crippen MR) is 105 cm³/mol. The minimum absolute atomic E-state index is 0.0759. The number of benzene rings is 2. The maximum Gasteiger partial charge on any atom is 0.254 e. The van der Waals surface area contributed by atoms with Gasteiger partial charge in [-0.2, -0.15) is 0 Å². The van der Waals surface area contributed by atoms with Gasteiger partial charge in [-0.05, 0) is 42.2 Å². The third-order valence-corrected chi connectivity index (χ3v) is 4.45. The number of carbonyl (C=O) groups is 1. The minimum atomic E-state index is -0.0759. The van der Waals surface area contributed by atoms with Crippen molar-refractivity contribution in [1.82, 2.24) is 15.1 Å². The fourth-order valence-electron chi connectivity index (χ4n) is 2.82. The van der Waals surface area contributed by atoms with Crippen LogP contribution in [0.2, 0.25) is 0 Å². The van der Waals surface area contributed by atoms with Gasteiger partial charge in [0.05, 0.1) is 6.54 Å². The molecule has 5 nitrogen and oxygen atoms in total. The first-order valence-electron chi connectivity index (χ1n) is 8.99. The smallest absolute Gasteiger partial charge is 0.254 e. The summed E-state index contributed by atoms with van der Waals surface area (Å²) in [7, 11) is 1.73. The van der Waals surface area contributed by atoms with Crippen molar-refractivity contribution >= 4 is 5.91 Å². The summed E-state index contributed by atoms with van der Waals surface area (Å²) in [5.74, 6) is 0.795. The van der Waals surface area contributed by atoms with E-state index in [1.165, 1.54) is 5.56 Å². The first kappa shape index (κ1) is 18.8. The molecule has 2 aromatic carbocycles. The summed E-state index contributed by atoms with van der Waals surface area (Å²) >= 11 is 0. The molecule has 140 valence electrons. The summed E-state index contributed by atoms with van der Waals surface area (Å²) in [5, 5.41) is 8.21. The van der Waals surface area contributed by atoms with Gasteiger partial charge in [-0.1, -0.05) is 50.6 Å². The first-order valence-corrected chi connectivity index (χ1v) is 8.99. The van der Waals surface area contributed by atoms with Crippen molar-refractivity contribution in [3.05, 3.63) is 71.1 Å². The highest BCUT2D eigenvalue weighted by atomic mass is 16.4. The Morgan fingerprint density at radius 1 is 1.07 bits per heavy atom. The van der Waals surface area contributed by atoms with Crippen LogP contribution in [-0.4, -0.2) is 28.1 Å². The molecule has 0 saturated carbocycles. The lowest BCUT2D eigenvalue weighted by Gasteiger charge is -2.18.